The maximum atomic E-state index is 5.20. The molecule has 0 saturated carbocycles. The molecule has 0 fully saturated rings. The van der Waals surface area contributed by atoms with E-state index in [2.05, 4.69) is 176 Å². The molecule has 266 valence electrons. The maximum Gasteiger partial charge on any atom is 0.160 e. The van der Waals surface area contributed by atoms with E-state index >= 15 is 0 Å². The molecule has 0 unspecified atom stereocenters. The van der Waals surface area contributed by atoms with Gasteiger partial charge in [-0.05, 0) is 58.7 Å². The van der Waals surface area contributed by atoms with Gasteiger partial charge in [0.15, 0.2) is 5.82 Å². The lowest BCUT2D eigenvalue weighted by Crippen LogP contribution is -1.96. The number of pyridine rings is 1. The number of aromatic nitrogens is 3. The molecule has 0 bridgehead atoms. The zero-order chi connectivity index (χ0) is 37.7. The highest BCUT2D eigenvalue weighted by Crippen LogP contribution is 2.44. The zero-order valence-electron chi connectivity index (χ0n) is 30.8. The van der Waals surface area contributed by atoms with Gasteiger partial charge in [0, 0.05) is 58.6 Å². The molecule has 8 aromatic carbocycles. The van der Waals surface area contributed by atoms with Gasteiger partial charge in [0.25, 0.3) is 0 Å². The van der Waals surface area contributed by atoms with Crippen LogP contribution in [0, 0.1) is 0 Å². The average Bonchev–Trinajstić information content (AvgIpc) is 3.68. The first-order valence-corrected chi connectivity index (χ1v) is 20.0. The minimum Gasteiger partial charge on any atom is -0.247 e. The summed E-state index contributed by atoms with van der Waals surface area (Å²) in [5.74, 6) is 0.706. The van der Waals surface area contributed by atoms with Crippen molar-refractivity contribution in [1.82, 2.24) is 15.0 Å². The number of nitrogens with zero attached hydrogens (tertiary/aromatic N) is 3. The second-order valence-electron chi connectivity index (χ2n) is 14.4. The predicted octanol–water partition coefficient (Wildman–Crippen LogP) is 14.5. The molecule has 0 N–H and O–H groups in total. The summed E-state index contributed by atoms with van der Waals surface area (Å²) in [6, 6.07) is 70.8. The molecule has 0 aliphatic carbocycles. The summed E-state index contributed by atoms with van der Waals surface area (Å²) >= 11 is 1.85. The Morgan fingerprint density at radius 3 is 1.63 bits per heavy atom. The van der Waals surface area contributed by atoms with Gasteiger partial charge in [0.1, 0.15) is 0 Å². The lowest BCUT2D eigenvalue weighted by atomic mass is 9.95. The first-order chi connectivity index (χ1) is 28.2. The predicted molar refractivity (Wildman–Crippen MR) is 240 cm³/mol. The fourth-order valence-corrected chi connectivity index (χ4v) is 9.18. The third-order valence-electron chi connectivity index (χ3n) is 10.9. The summed E-state index contributed by atoms with van der Waals surface area (Å²) < 4.78 is 2.56. The van der Waals surface area contributed by atoms with E-state index in [1.165, 1.54) is 47.5 Å². The number of benzene rings is 8. The normalized spacial score (nSPS) is 11.5. The van der Waals surface area contributed by atoms with E-state index < -0.39 is 0 Å². The largest absolute Gasteiger partial charge is 0.247 e. The van der Waals surface area contributed by atoms with Crippen molar-refractivity contribution in [3.8, 4) is 67.4 Å². The molecular weight excluding hydrogens is 711 g/mol. The number of fused-ring (bicyclic) bond motifs is 7. The highest BCUT2D eigenvalue weighted by Gasteiger charge is 2.17. The average molecular weight is 744 g/mol. The smallest absolute Gasteiger partial charge is 0.160 e. The second kappa shape index (κ2) is 13.8. The number of hydrogen-bond donors (Lipinski definition) is 0. The maximum absolute atomic E-state index is 5.20. The molecule has 0 radical (unpaired) electrons. The fraction of sp³-hybridized carbons (Fsp3) is 0. The third-order valence-corrected chi connectivity index (χ3v) is 12.0. The Kier molecular flexibility index (Phi) is 8.01. The standard InChI is InChI=1S/C53H33N3S/c1-4-13-34(14-5-1)39-19-12-20-41(31-39)47-33-46(55-53(56-47)38-17-8-3-9-18-38)36-25-23-35(24-26-36)40-27-29-48-44(32-40)51-49(57-48)30-28-43-50(51)42-21-10-11-22-45(42)54-52(43)37-15-6-2-7-16-37/h1-33H. The Labute approximate surface area is 334 Å². The molecule has 11 rings (SSSR count). The molecule has 0 amide bonds. The molecule has 0 aliphatic heterocycles. The van der Waals surface area contributed by atoms with Gasteiger partial charge in [-0.25, -0.2) is 15.0 Å². The molecule has 3 heterocycles. The molecule has 3 aromatic heterocycles. The Balaban J connectivity index is 1.02. The molecule has 4 heteroatoms. The highest BCUT2D eigenvalue weighted by atomic mass is 32.1. The number of para-hydroxylation sites is 1. The van der Waals surface area contributed by atoms with Crippen molar-refractivity contribution in [3.63, 3.8) is 0 Å². The Morgan fingerprint density at radius 1 is 0.298 bits per heavy atom. The van der Waals surface area contributed by atoms with Crippen LogP contribution in [0.2, 0.25) is 0 Å². The van der Waals surface area contributed by atoms with E-state index in [1.54, 1.807) is 0 Å². The van der Waals surface area contributed by atoms with Gasteiger partial charge in [-0.3, -0.25) is 0 Å². The van der Waals surface area contributed by atoms with Gasteiger partial charge >= 0.3 is 0 Å². The Bertz CT molecular complexity index is 3260. The Morgan fingerprint density at radius 2 is 0.860 bits per heavy atom. The van der Waals surface area contributed by atoms with E-state index in [4.69, 9.17) is 15.0 Å². The van der Waals surface area contributed by atoms with Crippen LogP contribution < -0.4 is 0 Å². The van der Waals surface area contributed by atoms with Gasteiger partial charge < -0.3 is 0 Å². The van der Waals surface area contributed by atoms with Gasteiger partial charge in [-0.2, -0.15) is 0 Å². The zero-order valence-corrected chi connectivity index (χ0v) is 31.6. The molecule has 0 atom stereocenters. The van der Waals surface area contributed by atoms with E-state index in [0.29, 0.717) is 5.82 Å². The van der Waals surface area contributed by atoms with Crippen LogP contribution in [-0.4, -0.2) is 15.0 Å². The summed E-state index contributed by atoms with van der Waals surface area (Å²) in [6.45, 7) is 0. The van der Waals surface area contributed by atoms with Crippen LogP contribution in [0.1, 0.15) is 0 Å². The minimum atomic E-state index is 0.706. The SMILES string of the molecule is c1ccc(-c2cccc(-c3cc(-c4ccc(-c5ccc6sc7ccc8c(-c9ccccc9)nc9ccccc9c8c7c6c5)cc4)nc(-c4ccccc4)n3)c2)cc1. The monoisotopic (exact) mass is 743 g/mol. The molecule has 3 nitrogen and oxygen atoms in total. The first-order valence-electron chi connectivity index (χ1n) is 19.2. The van der Waals surface area contributed by atoms with Crippen molar-refractivity contribution >= 4 is 53.2 Å². The van der Waals surface area contributed by atoms with Crippen LogP contribution in [0.15, 0.2) is 200 Å². The molecule has 0 aliphatic rings. The van der Waals surface area contributed by atoms with E-state index in [1.807, 2.05) is 35.6 Å². The number of thiophene rings is 1. The summed E-state index contributed by atoms with van der Waals surface area (Å²) in [7, 11) is 0. The summed E-state index contributed by atoms with van der Waals surface area (Å²) in [5.41, 5.74) is 12.7. The van der Waals surface area contributed by atoms with Crippen molar-refractivity contribution < 1.29 is 0 Å². The minimum absolute atomic E-state index is 0.706. The first kappa shape index (κ1) is 33.1. The lowest BCUT2D eigenvalue weighted by Gasteiger charge is -2.12. The van der Waals surface area contributed by atoms with Crippen molar-refractivity contribution in [2.45, 2.75) is 0 Å². The fourth-order valence-electron chi connectivity index (χ4n) is 8.09. The Hall–Kier alpha value is -7.27. The summed E-state index contributed by atoms with van der Waals surface area (Å²) in [5, 5.41) is 6.17. The molecule has 11 aromatic rings. The van der Waals surface area contributed by atoms with E-state index in [9.17, 15) is 0 Å². The van der Waals surface area contributed by atoms with Crippen LogP contribution in [0.5, 0.6) is 0 Å². The van der Waals surface area contributed by atoms with Gasteiger partial charge in [-0.15, -0.1) is 11.3 Å². The van der Waals surface area contributed by atoms with Crippen molar-refractivity contribution in [1.29, 1.82) is 0 Å². The molecule has 0 spiro atoms. The lowest BCUT2D eigenvalue weighted by molar-refractivity contribution is 1.18. The van der Waals surface area contributed by atoms with Crippen LogP contribution >= 0.6 is 11.3 Å². The summed E-state index contributed by atoms with van der Waals surface area (Å²) in [4.78, 5) is 15.4. The third kappa shape index (κ3) is 5.95. The van der Waals surface area contributed by atoms with Gasteiger partial charge in [0.05, 0.1) is 22.6 Å². The van der Waals surface area contributed by atoms with Crippen LogP contribution in [0.25, 0.3) is 109 Å². The van der Waals surface area contributed by atoms with E-state index in [-0.39, 0.29) is 0 Å². The number of hydrogen-bond acceptors (Lipinski definition) is 4. The van der Waals surface area contributed by atoms with Gasteiger partial charge in [-0.1, -0.05) is 164 Å². The van der Waals surface area contributed by atoms with Gasteiger partial charge in [0.2, 0.25) is 0 Å². The molecular formula is C53H33N3S. The quantitative estimate of drug-likeness (QED) is 0.159. The van der Waals surface area contributed by atoms with Crippen molar-refractivity contribution in [2.75, 3.05) is 0 Å². The van der Waals surface area contributed by atoms with E-state index in [0.717, 1.165) is 56.0 Å². The number of rotatable bonds is 6. The topological polar surface area (TPSA) is 38.7 Å². The van der Waals surface area contributed by atoms with Crippen molar-refractivity contribution in [2.24, 2.45) is 0 Å². The molecule has 0 saturated heterocycles. The molecule has 57 heavy (non-hydrogen) atoms. The summed E-state index contributed by atoms with van der Waals surface area (Å²) in [6.07, 6.45) is 0. The highest BCUT2D eigenvalue weighted by molar-refractivity contribution is 7.26. The second-order valence-corrected chi connectivity index (χ2v) is 15.5. The van der Waals surface area contributed by atoms with Crippen LogP contribution in [0.4, 0.5) is 0 Å². The van der Waals surface area contributed by atoms with Crippen LogP contribution in [0.3, 0.4) is 0 Å². The van der Waals surface area contributed by atoms with Crippen molar-refractivity contribution in [3.05, 3.63) is 200 Å². The van der Waals surface area contributed by atoms with Crippen LogP contribution in [-0.2, 0) is 0 Å².